The predicted octanol–water partition coefficient (Wildman–Crippen LogP) is 5.28. The first kappa shape index (κ1) is 24.2. The Morgan fingerprint density at radius 2 is 1.60 bits per heavy atom. The summed E-state index contributed by atoms with van der Waals surface area (Å²) in [7, 11) is -3.07. The molecule has 0 aliphatic rings. The summed E-state index contributed by atoms with van der Waals surface area (Å²) in [6.07, 6.45) is 4.92. The summed E-state index contributed by atoms with van der Waals surface area (Å²) < 4.78 is 28.9. The summed E-state index contributed by atoms with van der Waals surface area (Å²) in [5, 5.41) is 2.74. The van der Waals surface area contributed by atoms with Crippen molar-refractivity contribution in [2.75, 3.05) is 6.16 Å². The van der Waals surface area contributed by atoms with E-state index < -0.39 is 19.3 Å². The SMILES string of the molecule is CC(C)OP(=O)(CCCC=C[C@@H](C)NC(=O)OC(C)(C)C)OC(C)C. The van der Waals surface area contributed by atoms with Gasteiger partial charge in [0.15, 0.2) is 0 Å². The molecule has 0 aromatic carbocycles. The van der Waals surface area contributed by atoms with Crippen molar-refractivity contribution in [1.82, 2.24) is 5.32 Å². The molecule has 7 heteroatoms. The van der Waals surface area contributed by atoms with Crippen molar-refractivity contribution < 1.29 is 23.1 Å². The molecule has 0 aromatic rings. The Morgan fingerprint density at radius 1 is 1.08 bits per heavy atom. The second kappa shape index (κ2) is 11.0. The second-order valence-corrected chi connectivity index (χ2v) is 9.74. The Kier molecular flexibility index (Phi) is 10.6. The predicted molar refractivity (Wildman–Crippen MR) is 102 cm³/mol. The van der Waals surface area contributed by atoms with E-state index in [2.05, 4.69) is 5.32 Å². The zero-order valence-corrected chi connectivity index (χ0v) is 17.9. The molecule has 0 rings (SSSR count). The van der Waals surface area contributed by atoms with Gasteiger partial charge in [-0.3, -0.25) is 4.57 Å². The van der Waals surface area contributed by atoms with Crippen LogP contribution in [0.25, 0.3) is 0 Å². The number of unbranched alkanes of at least 4 members (excludes halogenated alkanes) is 1. The van der Waals surface area contributed by atoms with Crippen molar-refractivity contribution in [3.63, 3.8) is 0 Å². The first-order chi connectivity index (χ1) is 11.3. The van der Waals surface area contributed by atoms with Crippen molar-refractivity contribution in [3.8, 4) is 0 Å². The number of allylic oxidation sites excluding steroid dienone is 1. The minimum Gasteiger partial charge on any atom is -0.444 e. The molecule has 148 valence electrons. The third-order valence-electron chi connectivity index (χ3n) is 2.71. The maximum atomic E-state index is 12.7. The topological polar surface area (TPSA) is 73.9 Å². The van der Waals surface area contributed by atoms with Crippen molar-refractivity contribution >= 4 is 13.7 Å². The van der Waals surface area contributed by atoms with E-state index in [4.69, 9.17) is 13.8 Å². The smallest absolute Gasteiger partial charge is 0.408 e. The average Bonchev–Trinajstić information content (AvgIpc) is 2.33. The molecular weight excluding hydrogens is 341 g/mol. The molecule has 0 aromatic heterocycles. The molecule has 0 radical (unpaired) electrons. The van der Waals surface area contributed by atoms with E-state index in [0.717, 1.165) is 6.42 Å². The number of carbonyl (C=O) groups is 1. The fourth-order valence-electron chi connectivity index (χ4n) is 2.02. The number of carbonyl (C=O) groups excluding carboxylic acids is 1. The quantitative estimate of drug-likeness (QED) is 0.318. The summed E-state index contributed by atoms with van der Waals surface area (Å²) in [5.74, 6) is 0. The van der Waals surface area contributed by atoms with Crippen LogP contribution in [0.4, 0.5) is 4.79 Å². The molecule has 0 saturated carbocycles. The number of hydrogen-bond acceptors (Lipinski definition) is 5. The highest BCUT2D eigenvalue weighted by molar-refractivity contribution is 7.53. The highest BCUT2D eigenvalue weighted by atomic mass is 31.2. The van der Waals surface area contributed by atoms with Crippen molar-refractivity contribution in [2.45, 2.75) is 92.1 Å². The first-order valence-electron chi connectivity index (χ1n) is 8.95. The van der Waals surface area contributed by atoms with E-state index in [9.17, 15) is 9.36 Å². The molecule has 0 spiro atoms. The monoisotopic (exact) mass is 377 g/mol. The third-order valence-corrected chi connectivity index (χ3v) is 5.06. The van der Waals surface area contributed by atoms with Gasteiger partial charge in [-0.15, -0.1) is 0 Å². The molecule has 0 fully saturated rings. The highest BCUT2D eigenvalue weighted by Crippen LogP contribution is 2.51. The van der Waals surface area contributed by atoms with Crippen LogP contribution in [0.5, 0.6) is 0 Å². The minimum absolute atomic E-state index is 0.138. The van der Waals surface area contributed by atoms with E-state index >= 15 is 0 Å². The summed E-state index contributed by atoms with van der Waals surface area (Å²) in [4.78, 5) is 11.7. The van der Waals surface area contributed by atoms with E-state index in [1.54, 1.807) is 0 Å². The fraction of sp³-hybridized carbons (Fsp3) is 0.833. The molecule has 0 heterocycles. The largest absolute Gasteiger partial charge is 0.444 e. The summed E-state index contributed by atoms with van der Waals surface area (Å²) in [5.41, 5.74) is -0.512. The van der Waals surface area contributed by atoms with E-state index in [1.165, 1.54) is 0 Å². The first-order valence-corrected chi connectivity index (χ1v) is 10.7. The lowest BCUT2D eigenvalue weighted by Crippen LogP contribution is -2.36. The summed E-state index contributed by atoms with van der Waals surface area (Å²) >= 11 is 0. The molecule has 0 saturated heterocycles. The zero-order valence-electron chi connectivity index (χ0n) is 17.0. The van der Waals surface area contributed by atoms with Gasteiger partial charge in [0.2, 0.25) is 0 Å². The van der Waals surface area contributed by atoms with Gasteiger partial charge in [-0.05, 0) is 68.2 Å². The lowest BCUT2D eigenvalue weighted by atomic mass is 10.2. The molecule has 0 bridgehead atoms. The van der Waals surface area contributed by atoms with Gasteiger partial charge in [0.25, 0.3) is 0 Å². The molecule has 1 atom stereocenters. The fourth-order valence-corrected chi connectivity index (χ4v) is 4.13. The van der Waals surface area contributed by atoms with Gasteiger partial charge in [-0.25, -0.2) is 4.79 Å². The van der Waals surface area contributed by atoms with Crippen LogP contribution >= 0.6 is 7.60 Å². The Balaban J connectivity index is 4.28. The van der Waals surface area contributed by atoms with Crippen LogP contribution in [-0.2, 0) is 18.3 Å². The number of alkyl carbamates (subject to hydrolysis) is 1. The highest BCUT2D eigenvalue weighted by Gasteiger charge is 2.26. The number of ether oxygens (including phenoxy) is 1. The number of amides is 1. The van der Waals surface area contributed by atoms with Crippen molar-refractivity contribution in [3.05, 3.63) is 12.2 Å². The number of nitrogens with one attached hydrogen (secondary N) is 1. The Morgan fingerprint density at radius 3 is 2.04 bits per heavy atom. The lowest BCUT2D eigenvalue weighted by molar-refractivity contribution is 0.0518. The maximum absolute atomic E-state index is 12.7. The molecular formula is C18H36NO5P. The van der Waals surface area contributed by atoms with E-state index in [0.29, 0.717) is 12.6 Å². The van der Waals surface area contributed by atoms with Gasteiger partial charge < -0.3 is 19.1 Å². The van der Waals surface area contributed by atoms with Gasteiger partial charge in [0.05, 0.1) is 18.4 Å². The zero-order chi connectivity index (χ0) is 19.7. The van der Waals surface area contributed by atoms with Crippen LogP contribution < -0.4 is 5.32 Å². The molecule has 6 nitrogen and oxygen atoms in total. The second-order valence-electron chi connectivity index (χ2n) is 7.65. The molecule has 0 aliphatic heterocycles. The van der Waals surface area contributed by atoms with Gasteiger partial charge in [-0.2, -0.15) is 0 Å². The Hall–Kier alpha value is -0.840. The van der Waals surface area contributed by atoms with E-state index in [1.807, 2.05) is 67.5 Å². The Bertz CT molecular complexity index is 455. The van der Waals surface area contributed by atoms with Crippen LogP contribution in [0, 0.1) is 0 Å². The van der Waals surface area contributed by atoms with E-state index in [-0.39, 0.29) is 18.2 Å². The number of rotatable bonds is 10. The van der Waals surface area contributed by atoms with Gasteiger partial charge in [-0.1, -0.05) is 12.2 Å². The lowest BCUT2D eigenvalue weighted by Gasteiger charge is -2.22. The molecule has 25 heavy (non-hydrogen) atoms. The average molecular weight is 377 g/mol. The minimum atomic E-state index is -3.07. The van der Waals surface area contributed by atoms with Crippen LogP contribution in [0.1, 0.15) is 68.2 Å². The molecule has 0 unspecified atom stereocenters. The Labute approximate surface area is 153 Å². The van der Waals surface area contributed by atoms with Gasteiger partial charge >= 0.3 is 13.7 Å². The van der Waals surface area contributed by atoms with Crippen molar-refractivity contribution in [2.24, 2.45) is 0 Å². The van der Waals surface area contributed by atoms with Crippen LogP contribution in [0.15, 0.2) is 12.2 Å². The number of hydrogen-bond donors (Lipinski definition) is 1. The summed E-state index contributed by atoms with van der Waals surface area (Å²) in [6.45, 7) is 14.7. The van der Waals surface area contributed by atoms with Crippen molar-refractivity contribution in [1.29, 1.82) is 0 Å². The molecule has 1 N–H and O–H groups in total. The third kappa shape index (κ3) is 14.1. The summed E-state index contributed by atoms with van der Waals surface area (Å²) in [6, 6.07) is -0.138. The van der Waals surface area contributed by atoms with Crippen LogP contribution in [0.2, 0.25) is 0 Å². The maximum Gasteiger partial charge on any atom is 0.408 e. The van der Waals surface area contributed by atoms with Crippen LogP contribution in [0.3, 0.4) is 0 Å². The van der Waals surface area contributed by atoms with Gasteiger partial charge in [0, 0.05) is 6.04 Å². The normalized spacial score (nSPS) is 14.3. The van der Waals surface area contributed by atoms with Crippen LogP contribution in [-0.4, -0.2) is 36.1 Å². The standard InChI is InChI=1S/C18H36NO5P/c1-14(2)23-25(21,24-15(3)4)13-11-9-10-12-16(5)19-17(20)22-18(6,7)8/h10,12,14-16H,9,11,13H2,1-8H3,(H,19,20)/t16-/m1/s1. The van der Waals surface area contributed by atoms with Gasteiger partial charge in [0.1, 0.15) is 5.60 Å². The molecule has 1 amide bonds. The molecule has 0 aliphatic carbocycles.